The van der Waals surface area contributed by atoms with Gasteiger partial charge in [-0.15, -0.1) is 5.10 Å². The second-order valence-corrected chi connectivity index (χ2v) is 10.1. The van der Waals surface area contributed by atoms with Gasteiger partial charge in [0.25, 0.3) is 5.56 Å². The normalized spacial score (nSPS) is 15.2. The lowest BCUT2D eigenvalue weighted by Gasteiger charge is -2.31. The number of hydrogen-bond donors (Lipinski definition) is 1. The molecule has 0 aliphatic heterocycles. The lowest BCUT2D eigenvalue weighted by molar-refractivity contribution is 0.158. The van der Waals surface area contributed by atoms with Crippen LogP contribution in [0, 0.1) is 6.92 Å². The zero-order valence-corrected chi connectivity index (χ0v) is 21.6. The summed E-state index contributed by atoms with van der Waals surface area (Å²) in [5.41, 5.74) is 5.32. The number of rotatable bonds is 9. The fourth-order valence-electron chi connectivity index (χ4n) is 5.49. The van der Waals surface area contributed by atoms with Gasteiger partial charge in [-0.3, -0.25) is 9.69 Å². The van der Waals surface area contributed by atoms with Crippen LogP contribution in [-0.4, -0.2) is 30.1 Å². The SMILES string of the molecule is CCc1ccc2[nH]c(=O)c(CN(Cc3ccc(C)cc3)[C@@H](CC)c3nnnn3C3CCCC3)cc2c1. The third-order valence-electron chi connectivity index (χ3n) is 7.59. The van der Waals surface area contributed by atoms with Crippen LogP contribution in [0.4, 0.5) is 0 Å². The van der Waals surface area contributed by atoms with Crippen molar-refractivity contribution in [3.63, 3.8) is 0 Å². The maximum absolute atomic E-state index is 13.2. The van der Waals surface area contributed by atoms with Crippen LogP contribution in [0.1, 0.15) is 86.1 Å². The van der Waals surface area contributed by atoms with Crippen molar-refractivity contribution in [3.8, 4) is 0 Å². The Kier molecular flexibility index (Phi) is 7.28. The Morgan fingerprint density at radius 3 is 2.50 bits per heavy atom. The summed E-state index contributed by atoms with van der Waals surface area (Å²) in [4.78, 5) is 18.6. The molecule has 1 aliphatic carbocycles. The second-order valence-electron chi connectivity index (χ2n) is 10.1. The fraction of sp³-hybridized carbons (Fsp3) is 0.448. The van der Waals surface area contributed by atoms with Crippen LogP contribution in [-0.2, 0) is 19.5 Å². The molecule has 1 N–H and O–H groups in total. The van der Waals surface area contributed by atoms with Crippen molar-refractivity contribution in [1.29, 1.82) is 0 Å². The predicted molar refractivity (Wildman–Crippen MR) is 143 cm³/mol. The Morgan fingerprint density at radius 1 is 1.03 bits per heavy atom. The van der Waals surface area contributed by atoms with E-state index >= 15 is 0 Å². The summed E-state index contributed by atoms with van der Waals surface area (Å²) in [7, 11) is 0. The van der Waals surface area contributed by atoms with E-state index < -0.39 is 0 Å². The van der Waals surface area contributed by atoms with Crippen LogP contribution in [0.3, 0.4) is 0 Å². The summed E-state index contributed by atoms with van der Waals surface area (Å²) in [5.74, 6) is 0.905. The quantitative estimate of drug-likeness (QED) is 0.332. The average molecular weight is 485 g/mol. The van der Waals surface area contributed by atoms with E-state index in [4.69, 9.17) is 0 Å². The molecule has 7 nitrogen and oxygen atoms in total. The summed E-state index contributed by atoms with van der Waals surface area (Å²) in [5, 5.41) is 14.1. The first kappa shape index (κ1) is 24.4. The molecule has 0 bridgehead atoms. The average Bonchev–Trinajstić information content (AvgIpc) is 3.58. The van der Waals surface area contributed by atoms with Gasteiger partial charge in [-0.1, -0.05) is 62.6 Å². The highest BCUT2D eigenvalue weighted by Crippen LogP contribution is 2.33. The first-order chi connectivity index (χ1) is 17.6. The van der Waals surface area contributed by atoms with Gasteiger partial charge in [0.05, 0.1) is 12.1 Å². The highest BCUT2D eigenvalue weighted by Gasteiger charge is 2.29. The maximum Gasteiger partial charge on any atom is 0.252 e. The molecular weight excluding hydrogens is 448 g/mol. The van der Waals surface area contributed by atoms with Crippen molar-refractivity contribution in [2.24, 2.45) is 0 Å². The van der Waals surface area contributed by atoms with Gasteiger partial charge >= 0.3 is 0 Å². The highest BCUT2D eigenvalue weighted by molar-refractivity contribution is 5.79. The first-order valence-electron chi connectivity index (χ1n) is 13.3. The Bertz CT molecular complexity index is 1370. The van der Waals surface area contributed by atoms with Crippen molar-refractivity contribution < 1.29 is 0 Å². The van der Waals surface area contributed by atoms with Gasteiger partial charge in [0.1, 0.15) is 0 Å². The molecule has 2 heterocycles. The summed E-state index contributed by atoms with van der Waals surface area (Å²) < 4.78 is 2.06. The number of aromatic nitrogens is 5. The van der Waals surface area contributed by atoms with Gasteiger partial charge in [-0.25, -0.2) is 4.68 Å². The molecule has 2 aromatic carbocycles. The number of aryl methyl sites for hydroxylation is 2. The van der Waals surface area contributed by atoms with Crippen LogP contribution < -0.4 is 5.56 Å². The van der Waals surface area contributed by atoms with Crippen LogP contribution in [0.15, 0.2) is 53.3 Å². The van der Waals surface area contributed by atoms with E-state index in [9.17, 15) is 4.79 Å². The van der Waals surface area contributed by atoms with Crippen molar-refractivity contribution in [2.75, 3.05) is 0 Å². The minimum atomic E-state index is -0.0362. The molecular formula is C29H36N6O. The Morgan fingerprint density at radius 2 is 1.78 bits per heavy atom. The molecule has 7 heteroatoms. The molecule has 2 aromatic heterocycles. The van der Waals surface area contributed by atoms with E-state index in [0.29, 0.717) is 19.1 Å². The predicted octanol–water partition coefficient (Wildman–Crippen LogP) is 5.65. The van der Waals surface area contributed by atoms with Gasteiger partial charge in [-0.2, -0.15) is 0 Å². The molecule has 0 spiro atoms. The molecule has 1 atom stereocenters. The Labute approximate surface area is 212 Å². The molecule has 0 amide bonds. The topological polar surface area (TPSA) is 79.7 Å². The number of tetrazole rings is 1. The number of fused-ring (bicyclic) bond motifs is 1. The van der Waals surface area contributed by atoms with E-state index in [1.165, 1.54) is 29.5 Å². The lowest BCUT2D eigenvalue weighted by atomic mass is 10.0. The van der Waals surface area contributed by atoms with E-state index in [-0.39, 0.29) is 11.6 Å². The van der Waals surface area contributed by atoms with Crippen molar-refractivity contribution >= 4 is 10.9 Å². The number of nitrogens with one attached hydrogen (secondary N) is 1. The first-order valence-corrected chi connectivity index (χ1v) is 13.3. The molecule has 1 saturated carbocycles. The van der Waals surface area contributed by atoms with Crippen LogP contribution in [0.5, 0.6) is 0 Å². The third-order valence-corrected chi connectivity index (χ3v) is 7.59. The largest absolute Gasteiger partial charge is 0.322 e. The zero-order valence-electron chi connectivity index (χ0n) is 21.6. The van der Waals surface area contributed by atoms with Crippen LogP contribution >= 0.6 is 0 Å². The summed E-state index contributed by atoms with van der Waals surface area (Å²) in [6.07, 6.45) is 6.50. The van der Waals surface area contributed by atoms with Crippen LogP contribution in [0.25, 0.3) is 10.9 Å². The van der Waals surface area contributed by atoms with Crippen molar-refractivity contribution in [3.05, 3.63) is 87.0 Å². The lowest BCUT2D eigenvalue weighted by Crippen LogP contribution is -2.32. The van der Waals surface area contributed by atoms with E-state index in [0.717, 1.165) is 48.0 Å². The minimum Gasteiger partial charge on any atom is -0.322 e. The molecule has 5 rings (SSSR count). The van der Waals surface area contributed by atoms with Crippen molar-refractivity contribution in [2.45, 2.75) is 84.5 Å². The standard InChI is InChI=1S/C29H36N6O/c1-4-21-14-15-26-23(16-21)17-24(29(36)30-26)19-34(18-22-12-10-20(3)11-13-22)27(5-2)28-31-32-33-35(28)25-8-6-7-9-25/h10-17,25,27H,4-9,18-19H2,1-3H3,(H,30,36)/t27-/m0/s1. The van der Waals surface area contributed by atoms with Gasteiger partial charge in [0.15, 0.2) is 5.82 Å². The van der Waals surface area contributed by atoms with Crippen molar-refractivity contribution in [1.82, 2.24) is 30.1 Å². The second kappa shape index (κ2) is 10.7. The maximum atomic E-state index is 13.2. The summed E-state index contributed by atoms with van der Waals surface area (Å²) >= 11 is 0. The summed E-state index contributed by atoms with van der Waals surface area (Å²) in [6, 6.07) is 17.3. The third kappa shape index (κ3) is 5.12. The number of nitrogens with zero attached hydrogens (tertiary/aromatic N) is 5. The molecule has 1 fully saturated rings. The number of benzene rings is 2. The highest BCUT2D eigenvalue weighted by atomic mass is 16.1. The Hall–Kier alpha value is -3.32. The van der Waals surface area contributed by atoms with Crippen LogP contribution in [0.2, 0.25) is 0 Å². The Balaban J connectivity index is 1.53. The van der Waals surface area contributed by atoms with E-state index in [2.05, 4.69) is 93.3 Å². The number of pyridine rings is 1. The minimum absolute atomic E-state index is 0.000948. The molecule has 1 aliphatic rings. The van der Waals surface area contributed by atoms with Gasteiger partial charge in [0, 0.05) is 24.2 Å². The fourth-order valence-corrected chi connectivity index (χ4v) is 5.49. The molecule has 0 saturated heterocycles. The van der Waals surface area contributed by atoms with Gasteiger partial charge in [-0.05, 0) is 77.7 Å². The number of H-pyrrole nitrogens is 1. The monoisotopic (exact) mass is 484 g/mol. The number of hydrogen-bond acceptors (Lipinski definition) is 5. The number of aromatic amines is 1. The molecule has 188 valence electrons. The molecule has 0 radical (unpaired) electrons. The zero-order chi connectivity index (χ0) is 25.1. The van der Waals surface area contributed by atoms with Gasteiger partial charge < -0.3 is 4.98 Å². The molecule has 36 heavy (non-hydrogen) atoms. The smallest absolute Gasteiger partial charge is 0.252 e. The summed E-state index contributed by atoms with van der Waals surface area (Å²) in [6.45, 7) is 7.66. The van der Waals surface area contributed by atoms with Gasteiger partial charge in [0.2, 0.25) is 0 Å². The molecule has 0 unspecified atom stereocenters. The molecule has 4 aromatic rings. The van der Waals surface area contributed by atoms with E-state index in [1.807, 2.05) is 6.07 Å². The van der Waals surface area contributed by atoms with E-state index in [1.54, 1.807) is 0 Å².